The lowest BCUT2D eigenvalue weighted by atomic mass is 10.2. The smallest absolute Gasteiger partial charge is 0.146 e. The van der Waals surface area contributed by atoms with Crippen LogP contribution in [0.15, 0.2) is 42.5 Å². The summed E-state index contributed by atoms with van der Waals surface area (Å²) in [6, 6.07) is 12.9. The summed E-state index contributed by atoms with van der Waals surface area (Å²) in [5, 5.41) is 1.09. The van der Waals surface area contributed by atoms with Crippen LogP contribution in [0.1, 0.15) is 5.56 Å². The fourth-order valence-electron chi connectivity index (χ4n) is 1.45. The van der Waals surface area contributed by atoms with Crippen molar-refractivity contribution in [1.82, 2.24) is 0 Å². The molecule has 0 fully saturated rings. The fraction of sp³-hybridized carbons (Fsp3) is 0.0714. The molecule has 0 spiro atoms. The van der Waals surface area contributed by atoms with E-state index in [1.165, 1.54) is 0 Å². The van der Waals surface area contributed by atoms with Gasteiger partial charge in [-0.05, 0) is 49.2 Å². The lowest BCUT2D eigenvalue weighted by Gasteiger charge is -2.08. The van der Waals surface area contributed by atoms with E-state index >= 15 is 0 Å². The monoisotopic (exact) mass is 265 g/mol. The highest BCUT2D eigenvalue weighted by Gasteiger charge is 2.04. The molecule has 2 aromatic rings. The average Bonchev–Trinajstić information content (AvgIpc) is 2.33. The summed E-state index contributed by atoms with van der Waals surface area (Å²) in [5.41, 5.74) is 1.12. The van der Waals surface area contributed by atoms with E-state index in [1.807, 2.05) is 24.3 Å². The fourth-order valence-corrected chi connectivity index (χ4v) is 1.90. The molecule has 0 aromatic heterocycles. The highest BCUT2D eigenvalue weighted by atomic mass is 35.5. The van der Waals surface area contributed by atoms with Crippen LogP contribution in [0.3, 0.4) is 0 Å². The van der Waals surface area contributed by atoms with E-state index in [4.69, 9.17) is 27.9 Å². The second-order valence-corrected chi connectivity index (χ2v) is 4.42. The van der Waals surface area contributed by atoms with Crippen LogP contribution in [-0.2, 0) is 6.42 Å². The summed E-state index contributed by atoms with van der Waals surface area (Å²) in [4.78, 5) is 0. The van der Waals surface area contributed by atoms with Crippen molar-refractivity contribution in [3.63, 3.8) is 0 Å². The minimum absolute atomic E-state index is 0.498. The van der Waals surface area contributed by atoms with Gasteiger partial charge in [0.1, 0.15) is 11.5 Å². The molecular formula is C14H11Cl2O. The zero-order valence-corrected chi connectivity index (χ0v) is 10.6. The Balaban J connectivity index is 2.25. The maximum atomic E-state index is 6.03. The first-order chi connectivity index (χ1) is 8.19. The van der Waals surface area contributed by atoms with E-state index in [9.17, 15) is 0 Å². The van der Waals surface area contributed by atoms with Crippen LogP contribution in [-0.4, -0.2) is 0 Å². The van der Waals surface area contributed by atoms with Gasteiger partial charge in [-0.1, -0.05) is 35.3 Å². The molecule has 0 N–H and O–H groups in total. The molecule has 2 aromatic carbocycles. The van der Waals surface area contributed by atoms with Crippen molar-refractivity contribution in [3.05, 3.63) is 65.0 Å². The predicted octanol–water partition coefficient (Wildman–Crippen LogP) is 5.16. The molecule has 87 valence electrons. The van der Waals surface area contributed by atoms with Crippen LogP contribution in [0.4, 0.5) is 0 Å². The molecule has 0 unspecified atom stereocenters. The van der Waals surface area contributed by atoms with Gasteiger partial charge in [0.25, 0.3) is 0 Å². The lowest BCUT2D eigenvalue weighted by molar-refractivity contribution is 0.482. The third-order valence-electron chi connectivity index (χ3n) is 2.31. The Bertz CT molecular complexity index is 523. The molecule has 0 atom stereocenters. The maximum Gasteiger partial charge on any atom is 0.146 e. The summed E-state index contributed by atoms with van der Waals surface area (Å²) in [6.07, 6.45) is 0.728. The van der Waals surface area contributed by atoms with Gasteiger partial charge in [-0.15, -0.1) is 0 Å². The third-order valence-corrected chi connectivity index (χ3v) is 2.84. The van der Waals surface area contributed by atoms with Crippen molar-refractivity contribution in [3.8, 4) is 11.5 Å². The first kappa shape index (κ1) is 12.3. The van der Waals surface area contributed by atoms with Gasteiger partial charge in [-0.2, -0.15) is 0 Å². The van der Waals surface area contributed by atoms with E-state index in [0.717, 1.165) is 17.7 Å². The number of hydrogen-bond acceptors (Lipinski definition) is 1. The van der Waals surface area contributed by atoms with Gasteiger partial charge in [0.05, 0.1) is 5.02 Å². The number of halogens is 2. The highest BCUT2D eigenvalue weighted by molar-refractivity contribution is 6.35. The summed E-state index contributed by atoms with van der Waals surface area (Å²) in [7, 11) is 0. The van der Waals surface area contributed by atoms with Gasteiger partial charge < -0.3 is 4.74 Å². The Labute approximate surface area is 111 Å². The third kappa shape index (κ3) is 3.15. The molecule has 0 heterocycles. The van der Waals surface area contributed by atoms with Crippen molar-refractivity contribution in [2.45, 2.75) is 6.42 Å². The van der Waals surface area contributed by atoms with Gasteiger partial charge >= 0.3 is 0 Å². The number of benzene rings is 2. The van der Waals surface area contributed by atoms with Gasteiger partial charge in [-0.3, -0.25) is 0 Å². The molecular weight excluding hydrogens is 255 g/mol. The molecule has 1 radical (unpaired) electrons. The van der Waals surface area contributed by atoms with E-state index in [2.05, 4.69) is 6.92 Å². The lowest BCUT2D eigenvalue weighted by Crippen LogP contribution is -1.87. The molecule has 0 amide bonds. The number of ether oxygens (including phenoxy) is 1. The molecule has 2 rings (SSSR count). The minimum Gasteiger partial charge on any atom is -0.456 e. The second kappa shape index (κ2) is 5.44. The standard InChI is InChI=1S/C14H11Cl2O/c1-2-10-4-3-5-12(8-10)17-14-7-6-11(15)9-13(14)16/h3-9H,1-2H2. The predicted molar refractivity (Wildman–Crippen MR) is 72.0 cm³/mol. The SMILES string of the molecule is [CH2]Cc1cccc(Oc2ccc(Cl)cc2Cl)c1. The summed E-state index contributed by atoms with van der Waals surface area (Å²) >= 11 is 11.9. The topological polar surface area (TPSA) is 9.23 Å². The van der Waals surface area contributed by atoms with E-state index < -0.39 is 0 Å². The van der Waals surface area contributed by atoms with E-state index in [1.54, 1.807) is 18.2 Å². The highest BCUT2D eigenvalue weighted by Crippen LogP contribution is 2.31. The molecule has 0 saturated carbocycles. The molecule has 0 saturated heterocycles. The molecule has 0 aliphatic heterocycles. The number of rotatable bonds is 3. The Kier molecular flexibility index (Phi) is 3.93. The van der Waals surface area contributed by atoms with E-state index in [0.29, 0.717) is 15.8 Å². The molecule has 1 nitrogen and oxygen atoms in total. The summed E-state index contributed by atoms with van der Waals surface area (Å²) < 4.78 is 5.69. The van der Waals surface area contributed by atoms with Crippen LogP contribution in [0.2, 0.25) is 10.0 Å². The largest absolute Gasteiger partial charge is 0.456 e. The van der Waals surface area contributed by atoms with Gasteiger partial charge in [0.2, 0.25) is 0 Å². The summed E-state index contributed by atoms with van der Waals surface area (Å²) in [6.45, 7) is 3.83. The van der Waals surface area contributed by atoms with Crippen LogP contribution < -0.4 is 4.74 Å². The zero-order valence-electron chi connectivity index (χ0n) is 9.12. The van der Waals surface area contributed by atoms with Crippen LogP contribution in [0.5, 0.6) is 11.5 Å². The van der Waals surface area contributed by atoms with Gasteiger partial charge in [0, 0.05) is 5.02 Å². The summed E-state index contributed by atoms with van der Waals surface area (Å²) in [5.74, 6) is 1.34. The average molecular weight is 266 g/mol. The quantitative estimate of drug-likeness (QED) is 0.745. The maximum absolute atomic E-state index is 6.03. The number of hydrogen-bond donors (Lipinski definition) is 0. The van der Waals surface area contributed by atoms with E-state index in [-0.39, 0.29) is 0 Å². The van der Waals surface area contributed by atoms with Gasteiger partial charge in [0.15, 0.2) is 0 Å². The van der Waals surface area contributed by atoms with Crippen molar-refractivity contribution in [2.24, 2.45) is 0 Å². The Morgan fingerprint density at radius 3 is 2.59 bits per heavy atom. The molecule has 17 heavy (non-hydrogen) atoms. The molecule has 0 aliphatic carbocycles. The molecule has 0 aliphatic rings. The van der Waals surface area contributed by atoms with Crippen LogP contribution >= 0.6 is 23.2 Å². The zero-order chi connectivity index (χ0) is 12.3. The Morgan fingerprint density at radius 1 is 1.06 bits per heavy atom. The first-order valence-electron chi connectivity index (χ1n) is 5.20. The first-order valence-corrected chi connectivity index (χ1v) is 5.96. The van der Waals surface area contributed by atoms with Crippen molar-refractivity contribution in [2.75, 3.05) is 0 Å². The van der Waals surface area contributed by atoms with Crippen molar-refractivity contribution < 1.29 is 4.74 Å². The Hall–Kier alpha value is -1.18. The van der Waals surface area contributed by atoms with Crippen molar-refractivity contribution in [1.29, 1.82) is 0 Å². The van der Waals surface area contributed by atoms with Crippen LogP contribution in [0.25, 0.3) is 0 Å². The Morgan fingerprint density at radius 2 is 1.88 bits per heavy atom. The van der Waals surface area contributed by atoms with Gasteiger partial charge in [-0.25, -0.2) is 0 Å². The van der Waals surface area contributed by atoms with Crippen molar-refractivity contribution >= 4 is 23.2 Å². The second-order valence-electron chi connectivity index (χ2n) is 3.57. The minimum atomic E-state index is 0.498. The molecule has 0 bridgehead atoms. The van der Waals surface area contributed by atoms with Crippen LogP contribution in [0, 0.1) is 6.92 Å². The molecule has 3 heteroatoms. The normalized spacial score (nSPS) is 10.3.